The Bertz CT molecular complexity index is 65.0. The first kappa shape index (κ1) is 9.21. The molecule has 0 rings (SSSR count). The molecule has 0 atom stereocenters. The molecule has 4 heteroatoms. The Morgan fingerprint density at radius 2 is 1.43 bits per heavy atom. The van der Waals surface area contributed by atoms with E-state index in [4.69, 9.17) is 0 Å². The molecule has 0 aromatic rings. The van der Waals surface area contributed by atoms with Gasteiger partial charge in [-0.25, -0.2) is 0 Å². The van der Waals surface area contributed by atoms with Crippen molar-refractivity contribution in [3.8, 4) is 0 Å². The molecule has 0 saturated carbocycles. The Morgan fingerprint density at radius 3 is 1.43 bits per heavy atom. The van der Waals surface area contributed by atoms with Gasteiger partial charge in [0.2, 0.25) is 0 Å². The van der Waals surface area contributed by atoms with Crippen molar-refractivity contribution in [2.45, 2.75) is 0 Å². The highest BCUT2D eigenvalue weighted by Gasteiger charge is 1.33. The minimum Gasteiger partial charge on any atom is -0.314 e. The van der Waals surface area contributed by atoms with Crippen LogP contribution in [0.4, 0.5) is 0 Å². The summed E-state index contributed by atoms with van der Waals surface area (Å²) in [6.45, 7) is 6.00. The zero-order valence-corrected chi connectivity index (χ0v) is 3.96. The molecule has 0 radical (unpaired) electrons. The van der Waals surface area contributed by atoms with E-state index in [9.17, 15) is 0 Å². The van der Waals surface area contributed by atoms with Gasteiger partial charge in [0.1, 0.15) is 6.01 Å². The van der Waals surface area contributed by atoms with Gasteiger partial charge >= 0.3 is 0 Å². The highest BCUT2D eigenvalue weighted by atomic mass is 15.2. The van der Waals surface area contributed by atoms with Crippen LogP contribution in [0, 0.1) is 0 Å². The topological polar surface area (TPSA) is 76.8 Å². The van der Waals surface area contributed by atoms with Crippen LogP contribution < -0.4 is 11.7 Å². The average Bonchev–Trinajstić information content (AvgIpc) is 1.75. The van der Waals surface area contributed by atoms with Crippen molar-refractivity contribution >= 4 is 6.01 Å². The summed E-state index contributed by atoms with van der Waals surface area (Å²) in [6.07, 6.45) is 0. The number of hydrogen-bond acceptors (Lipinski definition) is 4. The fourth-order valence-corrected chi connectivity index (χ4v) is 0.0333. The maximum Gasteiger partial charge on any atom is 0.138 e. The normalized spacial score (nSPS) is 4.00. The number of rotatable bonds is 0. The van der Waals surface area contributed by atoms with E-state index in [0.717, 1.165) is 0 Å². The third-order valence-electron chi connectivity index (χ3n) is 0.115. The molecule has 40 valence electrons. The first-order chi connectivity index (χ1) is 3.41. The lowest BCUT2D eigenvalue weighted by atomic mass is 11.3. The van der Waals surface area contributed by atoms with Crippen molar-refractivity contribution in [3.63, 3.8) is 0 Å². The van der Waals surface area contributed by atoms with Crippen molar-refractivity contribution in [3.05, 3.63) is 13.2 Å². The molecular formula is C3H8N4. The fraction of sp³-hybridized carbons (Fsp3) is 0. The summed E-state index contributed by atoms with van der Waals surface area (Å²) in [5, 5.41) is 5.62. The summed E-state index contributed by atoms with van der Waals surface area (Å²) in [4.78, 5) is 0. The minimum absolute atomic E-state index is 1.92. The maximum atomic E-state index is 4.48. The molecule has 0 aliphatic carbocycles. The van der Waals surface area contributed by atoms with E-state index >= 15 is 0 Å². The van der Waals surface area contributed by atoms with Gasteiger partial charge in [-0.15, -0.1) is 23.4 Å². The van der Waals surface area contributed by atoms with Crippen LogP contribution in [-0.2, 0) is 0 Å². The Hall–Kier alpha value is -1.28. The Labute approximate surface area is 42.2 Å². The van der Waals surface area contributed by atoms with Crippen molar-refractivity contribution in [1.29, 1.82) is 0 Å². The molecule has 0 saturated heterocycles. The third kappa shape index (κ3) is 67.4. The molecule has 0 aromatic carbocycles. The first-order valence-electron chi connectivity index (χ1n) is 1.46. The van der Waals surface area contributed by atoms with Gasteiger partial charge in [-0.3, -0.25) is 0 Å². The molecule has 0 heterocycles. The molecule has 4 nitrogen and oxygen atoms in total. The van der Waals surface area contributed by atoms with Crippen LogP contribution in [0.5, 0.6) is 0 Å². The largest absolute Gasteiger partial charge is 0.314 e. The number of nitrogens with zero attached hydrogens (tertiary/aromatic N) is 2. The summed E-state index contributed by atoms with van der Waals surface area (Å²) in [6, 6.07) is 1.92. The molecule has 0 spiro atoms. The van der Waals surface area contributed by atoms with Crippen molar-refractivity contribution < 1.29 is 0 Å². The van der Waals surface area contributed by atoms with E-state index in [2.05, 4.69) is 35.0 Å². The Balaban J connectivity index is 0. The van der Waals surface area contributed by atoms with Gasteiger partial charge in [0.15, 0.2) is 0 Å². The van der Waals surface area contributed by atoms with Gasteiger partial charge in [0, 0.05) is 0 Å². The molecular weight excluding hydrogens is 92.1 g/mol. The van der Waals surface area contributed by atoms with E-state index in [1.165, 1.54) is 0 Å². The van der Waals surface area contributed by atoms with Crippen LogP contribution in [0.2, 0.25) is 0 Å². The highest BCUT2D eigenvalue weighted by molar-refractivity contribution is 5.39. The van der Waals surface area contributed by atoms with Crippen LogP contribution in [0.15, 0.2) is 23.4 Å². The fourth-order valence-electron chi connectivity index (χ4n) is 0.0333. The van der Waals surface area contributed by atoms with Gasteiger partial charge < -0.3 is 11.7 Å². The lowest BCUT2D eigenvalue weighted by molar-refractivity contribution is 1.21. The molecule has 0 amide bonds. The zero-order chi connectivity index (χ0) is 6.12. The summed E-state index contributed by atoms with van der Waals surface area (Å²) >= 11 is 0. The number of nitrogens with two attached hydrogens (primary N) is 2. The van der Waals surface area contributed by atoms with Crippen molar-refractivity contribution in [2.24, 2.45) is 21.9 Å². The molecule has 0 fully saturated rings. The van der Waals surface area contributed by atoms with Gasteiger partial charge in [0.05, 0.1) is 0 Å². The van der Waals surface area contributed by atoms with Gasteiger partial charge in [-0.1, -0.05) is 0 Å². The summed E-state index contributed by atoms with van der Waals surface area (Å²) in [7, 11) is 0. The lowest BCUT2D eigenvalue weighted by Gasteiger charge is -1.53. The summed E-state index contributed by atoms with van der Waals surface area (Å²) in [5.41, 5.74) is 0. The molecule has 0 unspecified atom stereocenters. The smallest absolute Gasteiger partial charge is 0.138 e. The van der Waals surface area contributed by atoms with E-state index in [1.807, 2.05) is 6.01 Å². The Kier molecular flexibility index (Phi) is 29.0. The summed E-state index contributed by atoms with van der Waals surface area (Å²) < 4.78 is 0. The van der Waals surface area contributed by atoms with Crippen LogP contribution in [0.3, 0.4) is 0 Å². The molecule has 7 heavy (non-hydrogen) atoms. The van der Waals surface area contributed by atoms with Gasteiger partial charge in [-0.05, 0) is 0 Å². The van der Waals surface area contributed by atoms with Crippen molar-refractivity contribution in [1.82, 2.24) is 0 Å². The minimum atomic E-state index is 1.92. The van der Waals surface area contributed by atoms with Gasteiger partial charge in [-0.2, -0.15) is 0 Å². The van der Waals surface area contributed by atoms with Crippen LogP contribution in [-0.4, -0.2) is 6.01 Å². The summed E-state index contributed by atoms with van der Waals surface area (Å²) in [5.74, 6) is 8.96. The number of hydrazone groups is 2. The molecule has 4 N–H and O–H groups in total. The lowest BCUT2D eigenvalue weighted by Crippen LogP contribution is -1.78. The Morgan fingerprint density at radius 1 is 1.14 bits per heavy atom. The van der Waals surface area contributed by atoms with Crippen molar-refractivity contribution in [2.75, 3.05) is 0 Å². The van der Waals surface area contributed by atoms with E-state index in [1.54, 1.807) is 0 Å². The average molecular weight is 100 g/mol. The van der Waals surface area contributed by atoms with Gasteiger partial charge in [0.25, 0.3) is 0 Å². The zero-order valence-electron chi connectivity index (χ0n) is 3.96. The second-order valence-corrected chi connectivity index (χ2v) is 0.358. The first-order valence-corrected chi connectivity index (χ1v) is 1.46. The highest BCUT2D eigenvalue weighted by Crippen LogP contribution is 1.27. The third-order valence-corrected chi connectivity index (χ3v) is 0.115. The second-order valence-electron chi connectivity index (χ2n) is 0.358. The quantitative estimate of drug-likeness (QED) is 0.190. The van der Waals surface area contributed by atoms with Crippen LogP contribution in [0.1, 0.15) is 0 Å². The maximum absolute atomic E-state index is 4.48. The van der Waals surface area contributed by atoms with E-state index in [0.29, 0.717) is 0 Å². The number of hydrogen-bond donors (Lipinski definition) is 2. The van der Waals surface area contributed by atoms with E-state index < -0.39 is 0 Å². The predicted octanol–water partition coefficient (Wildman–Crippen LogP) is -0.290. The molecule has 0 aliphatic rings. The molecule has 0 aromatic heterocycles. The second kappa shape index (κ2) is 22.1. The standard InChI is InChI=1S/C2H4.CH4N4/c1-2;2-4-1-5-3/h1-2H2;2-3H2. The van der Waals surface area contributed by atoms with Crippen LogP contribution in [0.25, 0.3) is 0 Å². The monoisotopic (exact) mass is 100 g/mol. The SMILES string of the molecule is C=C.NN=C=NN. The van der Waals surface area contributed by atoms with E-state index in [-0.39, 0.29) is 0 Å². The predicted molar refractivity (Wildman–Crippen MR) is 29.5 cm³/mol. The van der Waals surface area contributed by atoms with Crippen LogP contribution >= 0.6 is 0 Å². The molecule has 0 aliphatic heterocycles. The molecule has 0 bridgehead atoms.